The number of benzene rings is 1. The summed E-state index contributed by atoms with van der Waals surface area (Å²) in [7, 11) is 0. The van der Waals surface area contributed by atoms with Gasteiger partial charge in [0.05, 0.1) is 18.8 Å². The molecule has 0 aromatic heterocycles. The molecular formula is C15H25IN4O. The molecule has 2 unspecified atom stereocenters. The van der Waals surface area contributed by atoms with E-state index in [1.54, 1.807) is 0 Å². The number of halogens is 1. The SMILES string of the molecule is CC1CN(Cc2ccccc2CN=C(N)N)CC(C)O1.I. The van der Waals surface area contributed by atoms with Crippen LogP contribution >= 0.6 is 24.0 Å². The quantitative estimate of drug-likeness (QED) is 0.455. The Bertz CT molecular complexity index is 466. The first-order valence-electron chi connectivity index (χ1n) is 7.04. The molecule has 0 saturated carbocycles. The van der Waals surface area contributed by atoms with Gasteiger partial charge in [0.2, 0.25) is 0 Å². The predicted octanol–water partition coefficient (Wildman–Crippen LogP) is 1.69. The van der Waals surface area contributed by atoms with Gasteiger partial charge in [0.15, 0.2) is 5.96 Å². The number of ether oxygens (including phenoxy) is 1. The molecule has 0 bridgehead atoms. The zero-order valence-electron chi connectivity index (χ0n) is 12.7. The highest BCUT2D eigenvalue weighted by molar-refractivity contribution is 14.0. The second-order valence-electron chi connectivity index (χ2n) is 5.46. The van der Waals surface area contributed by atoms with Gasteiger partial charge in [-0.15, -0.1) is 24.0 Å². The molecular weight excluding hydrogens is 379 g/mol. The van der Waals surface area contributed by atoms with E-state index < -0.39 is 0 Å². The minimum absolute atomic E-state index is 0. The lowest BCUT2D eigenvalue weighted by Gasteiger charge is -2.35. The van der Waals surface area contributed by atoms with Gasteiger partial charge in [0.1, 0.15) is 0 Å². The lowest BCUT2D eigenvalue weighted by atomic mass is 10.1. The summed E-state index contributed by atoms with van der Waals surface area (Å²) in [5, 5.41) is 0. The molecule has 1 fully saturated rings. The molecule has 118 valence electrons. The van der Waals surface area contributed by atoms with Crippen molar-refractivity contribution in [1.82, 2.24) is 4.90 Å². The Labute approximate surface area is 143 Å². The summed E-state index contributed by atoms with van der Waals surface area (Å²) in [6.07, 6.45) is 0.562. The van der Waals surface area contributed by atoms with Gasteiger partial charge in [-0.1, -0.05) is 24.3 Å². The van der Waals surface area contributed by atoms with Crippen LogP contribution in [-0.2, 0) is 17.8 Å². The number of hydrogen-bond acceptors (Lipinski definition) is 3. The maximum Gasteiger partial charge on any atom is 0.186 e. The topological polar surface area (TPSA) is 76.9 Å². The maximum atomic E-state index is 5.77. The minimum atomic E-state index is 0. The first-order valence-corrected chi connectivity index (χ1v) is 7.04. The number of aliphatic imine (C=N–C) groups is 1. The first-order chi connectivity index (χ1) is 9.54. The minimum Gasteiger partial charge on any atom is -0.373 e. The van der Waals surface area contributed by atoms with Gasteiger partial charge in [0, 0.05) is 19.6 Å². The van der Waals surface area contributed by atoms with Crippen LogP contribution in [0.2, 0.25) is 0 Å². The Balaban J connectivity index is 0.00000220. The van der Waals surface area contributed by atoms with E-state index in [-0.39, 0.29) is 42.1 Å². The van der Waals surface area contributed by atoms with Crippen LogP contribution in [0.3, 0.4) is 0 Å². The van der Waals surface area contributed by atoms with Crippen molar-refractivity contribution in [3.63, 3.8) is 0 Å². The fourth-order valence-electron chi connectivity index (χ4n) is 2.70. The van der Waals surface area contributed by atoms with Gasteiger partial charge < -0.3 is 16.2 Å². The maximum absolute atomic E-state index is 5.77. The van der Waals surface area contributed by atoms with Gasteiger partial charge in [0.25, 0.3) is 0 Å². The molecule has 1 aliphatic heterocycles. The molecule has 1 aromatic carbocycles. The molecule has 2 rings (SSSR count). The molecule has 0 aliphatic carbocycles. The smallest absolute Gasteiger partial charge is 0.186 e. The van der Waals surface area contributed by atoms with E-state index in [1.807, 2.05) is 6.07 Å². The van der Waals surface area contributed by atoms with Crippen LogP contribution in [0.1, 0.15) is 25.0 Å². The molecule has 6 heteroatoms. The monoisotopic (exact) mass is 404 g/mol. The summed E-state index contributed by atoms with van der Waals surface area (Å²) in [5.41, 5.74) is 13.3. The molecule has 4 N–H and O–H groups in total. The van der Waals surface area contributed by atoms with Gasteiger partial charge in [-0.25, -0.2) is 4.99 Å². The highest BCUT2D eigenvalue weighted by atomic mass is 127. The van der Waals surface area contributed by atoms with E-state index in [2.05, 4.69) is 41.9 Å². The predicted molar refractivity (Wildman–Crippen MR) is 96.7 cm³/mol. The second kappa shape index (κ2) is 8.55. The van der Waals surface area contributed by atoms with E-state index in [0.29, 0.717) is 6.54 Å². The van der Waals surface area contributed by atoms with E-state index >= 15 is 0 Å². The molecule has 0 radical (unpaired) electrons. The zero-order valence-corrected chi connectivity index (χ0v) is 15.0. The van der Waals surface area contributed by atoms with E-state index in [1.165, 1.54) is 11.1 Å². The number of nitrogens with two attached hydrogens (primary N) is 2. The summed E-state index contributed by atoms with van der Waals surface area (Å²) in [4.78, 5) is 6.53. The fraction of sp³-hybridized carbons (Fsp3) is 0.533. The Morgan fingerprint density at radius 2 is 1.76 bits per heavy atom. The number of morpholine rings is 1. The van der Waals surface area contributed by atoms with Crippen molar-refractivity contribution < 1.29 is 4.74 Å². The highest BCUT2D eigenvalue weighted by Gasteiger charge is 2.22. The number of rotatable bonds is 4. The number of hydrogen-bond donors (Lipinski definition) is 2. The molecule has 1 aromatic rings. The summed E-state index contributed by atoms with van der Waals surface area (Å²) in [6, 6.07) is 8.30. The summed E-state index contributed by atoms with van der Waals surface area (Å²) < 4.78 is 5.77. The molecule has 2 atom stereocenters. The fourth-order valence-corrected chi connectivity index (χ4v) is 2.70. The molecule has 1 aliphatic rings. The zero-order chi connectivity index (χ0) is 14.5. The van der Waals surface area contributed by atoms with Crippen molar-refractivity contribution in [3.05, 3.63) is 35.4 Å². The Kier molecular flexibility index (Phi) is 7.41. The number of nitrogens with zero attached hydrogens (tertiary/aromatic N) is 2. The molecule has 0 spiro atoms. The van der Waals surface area contributed by atoms with Crippen molar-refractivity contribution in [1.29, 1.82) is 0 Å². The van der Waals surface area contributed by atoms with Crippen LogP contribution < -0.4 is 11.5 Å². The normalized spacial score (nSPS) is 22.4. The van der Waals surface area contributed by atoms with Crippen LogP contribution in [-0.4, -0.2) is 36.2 Å². The average Bonchev–Trinajstić information content (AvgIpc) is 2.36. The van der Waals surface area contributed by atoms with Crippen LogP contribution in [0, 0.1) is 0 Å². The van der Waals surface area contributed by atoms with E-state index in [0.717, 1.165) is 19.6 Å². The van der Waals surface area contributed by atoms with Crippen molar-refractivity contribution in [2.45, 2.75) is 39.1 Å². The number of guanidine groups is 1. The van der Waals surface area contributed by atoms with Gasteiger partial charge >= 0.3 is 0 Å². The lowest BCUT2D eigenvalue weighted by Crippen LogP contribution is -2.44. The van der Waals surface area contributed by atoms with E-state index in [4.69, 9.17) is 16.2 Å². The van der Waals surface area contributed by atoms with Crippen molar-refractivity contribution in [2.75, 3.05) is 13.1 Å². The molecule has 1 heterocycles. The van der Waals surface area contributed by atoms with Gasteiger partial charge in [-0.05, 0) is 25.0 Å². The molecule has 5 nitrogen and oxygen atoms in total. The Hall–Kier alpha value is -0.860. The molecule has 1 saturated heterocycles. The van der Waals surface area contributed by atoms with Crippen LogP contribution in [0.25, 0.3) is 0 Å². The third kappa shape index (κ3) is 5.80. The largest absolute Gasteiger partial charge is 0.373 e. The van der Waals surface area contributed by atoms with Crippen molar-refractivity contribution in [2.24, 2.45) is 16.5 Å². The second-order valence-corrected chi connectivity index (χ2v) is 5.46. The summed E-state index contributed by atoms with van der Waals surface area (Å²) in [6.45, 7) is 7.60. The third-order valence-electron chi connectivity index (χ3n) is 3.44. The van der Waals surface area contributed by atoms with Crippen LogP contribution in [0.15, 0.2) is 29.3 Å². The van der Waals surface area contributed by atoms with E-state index in [9.17, 15) is 0 Å². The summed E-state index contributed by atoms with van der Waals surface area (Å²) in [5.74, 6) is 0.133. The highest BCUT2D eigenvalue weighted by Crippen LogP contribution is 2.17. The van der Waals surface area contributed by atoms with Gasteiger partial charge in [-0.3, -0.25) is 4.90 Å². The lowest BCUT2D eigenvalue weighted by molar-refractivity contribution is -0.0705. The van der Waals surface area contributed by atoms with Gasteiger partial charge in [-0.2, -0.15) is 0 Å². The Morgan fingerprint density at radius 3 is 2.33 bits per heavy atom. The Morgan fingerprint density at radius 1 is 1.19 bits per heavy atom. The van der Waals surface area contributed by atoms with Crippen LogP contribution in [0.5, 0.6) is 0 Å². The summed E-state index contributed by atoms with van der Waals surface area (Å²) >= 11 is 0. The first kappa shape index (κ1) is 18.2. The van der Waals surface area contributed by atoms with Crippen molar-refractivity contribution >= 4 is 29.9 Å². The molecule has 21 heavy (non-hydrogen) atoms. The average molecular weight is 404 g/mol. The van der Waals surface area contributed by atoms with Crippen molar-refractivity contribution in [3.8, 4) is 0 Å². The standard InChI is InChI=1S/C15H24N4O.HI/c1-11-8-19(9-12(2)20-11)10-14-6-4-3-5-13(14)7-18-15(16)17;/h3-6,11-12H,7-10H2,1-2H3,(H4,16,17,18);1H. The molecule has 0 amide bonds. The van der Waals surface area contributed by atoms with Crippen LogP contribution in [0.4, 0.5) is 0 Å². The third-order valence-corrected chi connectivity index (χ3v) is 3.44.